The van der Waals surface area contributed by atoms with Crippen molar-refractivity contribution in [1.82, 2.24) is 30.9 Å². The van der Waals surface area contributed by atoms with Crippen molar-refractivity contribution < 1.29 is 18.4 Å². The summed E-state index contributed by atoms with van der Waals surface area (Å²) in [6, 6.07) is 2.34. The number of aromatic nitrogens is 3. The van der Waals surface area contributed by atoms with Crippen LogP contribution in [0.3, 0.4) is 0 Å². The van der Waals surface area contributed by atoms with E-state index in [4.69, 9.17) is 11.6 Å². The number of carbonyl (C=O) groups excluding carboxylic acids is 2. The molecule has 0 bridgehead atoms. The highest BCUT2D eigenvalue weighted by atomic mass is 35.5. The molecule has 0 aliphatic rings. The van der Waals surface area contributed by atoms with Crippen LogP contribution in [0.5, 0.6) is 0 Å². The minimum atomic E-state index is -0.809. The highest BCUT2D eigenvalue weighted by Crippen LogP contribution is 2.37. The van der Waals surface area contributed by atoms with Crippen LogP contribution in [0, 0.1) is 11.6 Å². The van der Waals surface area contributed by atoms with Crippen molar-refractivity contribution in [2.45, 2.75) is 19.9 Å². The molecule has 0 saturated carbocycles. The van der Waals surface area contributed by atoms with E-state index in [1.165, 1.54) is 49.1 Å². The number of benzene rings is 1. The average molecular weight is 449 g/mol. The Balaban J connectivity index is 1.93. The smallest absolute Gasteiger partial charge is 0.329 e. The lowest BCUT2D eigenvalue weighted by Crippen LogP contribution is -2.46. The summed E-state index contributed by atoms with van der Waals surface area (Å²) in [5.74, 6) is -1.75. The highest BCUT2D eigenvalue weighted by Gasteiger charge is 2.20. The van der Waals surface area contributed by atoms with Crippen molar-refractivity contribution in [3.8, 4) is 22.3 Å². The Hall–Kier alpha value is -3.53. The van der Waals surface area contributed by atoms with Gasteiger partial charge < -0.3 is 5.32 Å². The Kier molecular flexibility index (Phi) is 6.50. The van der Waals surface area contributed by atoms with Gasteiger partial charge in [0.25, 0.3) is 0 Å². The Bertz CT molecular complexity index is 1150. The summed E-state index contributed by atoms with van der Waals surface area (Å²) in [4.78, 5) is 26.7. The maximum Gasteiger partial charge on any atom is 0.334 e. The molecule has 0 aliphatic carbocycles. The van der Waals surface area contributed by atoms with Crippen molar-refractivity contribution in [3.05, 3.63) is 59.1 Å². The summed E-state index contributed by atoms with van der Waals surface area (Å²) in [7, 11) is 1.70. The first kappa shape index (κ1) is 22.2. The summed E-state index contributed by atoms with van der Waals surface area (Å²) in [5, 5.41) is 6.65. The van der Waals surface area contributed by atoms with Gasteiger partial charge in [-0.3, -0.25) is 19.9 Å². The van der Waals surface area contributed by atoms with E-state index in [0.29, 0.717) is 16.7 Å². The molecule has 1 aromatic carbocycles. The van der Waals surface area contributed by atoms with Crippen molar-refractivity contribution in [1.29, 1.82) is 0 Å². The Labute approximate surface area is 181 Å². The van der Waals surface area contributed by atoms with Crippen LogP contribution in [0.1, 0.15) is 25.6 Å². The third-order valence-electron chi connectivity index (χ3n) is 4.34. The summed E-state index contributed by atoms with van der Waals surface area (Å²) >= 11 is 6.04. The van der Waals surface area contributed by atoms with E-state index >= 15 is 0 Å². The van der Waals surface area contributed by atoms with E-state index in [2.05, 4.69) is 26.3 Å². The second kappa shape index (κ2) is 9.09. The second-order valence-electron chi connectivity index (χ2n) is 6.81. The molecule has 1 unspecified atom stereocenters. The lowest BCUT2D eigenvalue weighted by molar-refractivity contribution is -0.119. The predicted molar refractivity (Wildman–Crippen MR) is 111 cm³/mol. The number of halogens is 3. The van der Waals surface area contributed by atoms with Gasteiger partial charge in [-0.15, -0.1) is 0 Å². The standard InChI is InChI=1S/C20H19ClF2N6O2/c1-10(26-20(31)28-27-11(2)30)19-17(23)4-12(7-24-19)15-5-14(21)6-16(22)18(15)13-8-25-29(3)9-13/h4-10H,1-3H3,(H,27,30)(H2,26,28,31). The summed E-state index contributed by atoms with van der Waals surface area (Å²) < 4.78 is 31.1. The topological polar surface area (TPSA) is 101 Å². The first-order chi connectivity index (χ1) is 14.7. The van der Waals surface area contributed by atoms with Crippen molar-refractivity contribution in [2.75, 3.05) is 0 Å². The van der Waals surface area contributed by atoms with E-state index < -0.39 is 29.6 Å². The molecule has 0 aliphatic heterocycles. The fourth-order valence-corrected chi connectivity index (χ4v) is 3.21. The molecule has 0 radical (unpaired) electrons. The van der Waals surface area contributed by atoms with Crippen LogP contribution in [0.15, 0.2) is 36.8 Å². The van der Waals surface area contributed by atoms with Gasteiger partial charge in [0.15, 0.2) is 0 Å². The fourth-order valence-electron chi connectivity index (χ4n) is 3.01. The minimum Gasteiger partial charge on any atom is -0.329 e. The van der Waals surface area contributed by atoms with Crippen molar-refractivity contribution in [2.24, 2.45) is 7.05 Å². The molecule has 0 fully saturated rings. The van der Waals surface area contributed by atoms with Gasteiger partial charge in [0.05, 0.1) is 17.9 Å². The van der Waals surface area contributed by atoms with Crippen LogP contribution in [-0.2, 0) is 11.8 Å². The lowest BCUT2D eigenvalue weighted by Gasteiger charge is -2.16. The third-order valence-corrected chi connectivity index (χ3v) is 4.56. The molecule has 31 heavy (non-hydrogen) atoms. The number of carbonyl (C=O) groups is 2. The second-order valence-corrected chi connectivity index (χ2v) is 7.24. The molecule has 0 saturated heterocycles. The van der Waals surface area contributed by atoms with E-state index in [0.717, 1.165) is 0 Å². The monoisotopic (exact) mass is 448 g/mol. The molecule has 162 valence electrons. The summed E-state index contributed by atoms with van der Waals surface area (Å²) in [5.41, 5.74) is 5.56. The first-order valence-corrected chi connectivity index (χ1v) is 9.50. The predicted octanol–water partition coefficient (Wildman–Crippen LogP) is 3.49. The quantitative estimate of drug-likeness (QED) is 0.532. The SMILES string of the molecule is CC(=O)NNC(=O)NC(C)c1ncc(-c2cc(Cl)cc(F)c2-c2cnn(C)c2)cc1F. The lowest BCUT2D eigenvalue weighted by atomic mass is 9.96. The van der Waals surface area contributed by atoms with E-state index in [1.54, 1.807) is 13.2 Å². The van der Waals surface area contributed by atoms with Gasteiger partial charge in [-0.05, 0) is 30.7 Å². The van der Waals surface area contributed by atoms with E-state index in [-0.39, 0.29) is 16.3 Å². The number of hydrazine groups is 1. The molecule has 3 N–H and O–H groups in total. The number of amides is 3. The zero-order chi connectivity index (χ0) is 22.7. The van der Waals surface area contributed by atoms with Crippen LogP contribution < -0.4 is 16.2 Å². The van der Waals surface area contributed by atoms with Gasteiger partial charge in [-0.1, -0.05) is 11.6 Å². The maximum atomic E-state index is 14.8. The van der Waals surface area contributed by atoms with Gasteiger partial charge in [0.2, 0.25) is 5.91 Å². The Morgan fingerprint density at radius 2 is 1.84 bits per heavy atom. The van der Waals surface area contributed by atoms with Gasteiger partial charge in [-0.25, -0.2) is 19.0 Å². The molecule has 3 rings (SSSR count). The van der Waals surface area contributed by atoms with Crippen LogP contribution in [0.4, 0.5) is 13.6 Å². The molecular weight excluding hydrogens is 430 g/mol. The number of nitrogens with one attached hydrogen (secondary N) is 3. The molecular formula is C20H19ClF2N6O2. The number of nitrogens with zero attached hydrogens (tertiary/aromatic N) is 3. The molecule has 2 aromatic heterocycles. The van der Waals surface area contributed by atoms with Crippen LogP contribution in [0.25, 0.3) is 22.3 Å². The number of hydrogen-bond donors (Lipinski definition) is 3. The Morgan fingerprint density at radius 1 is 1.10 bits per heavy atom. The fraction of sp³-hybridized carbons (Fsp3) is 0.200. The summed E-state index contributed by atoms with van der Waals surface area (Å²) in [6.45, 7) is 2.75. The molecule has 1 atom stereocenters. The third kappa shape index (κ3) is 5.15. The maximum absolute atomic E-state index is 14.8. The number of rotatable bonds is 4. The Morgan fingerprint density at radius 3 is 2.45 bits per heavy atom. The average Bonchev–Trinajstić information content (AvgIpc) is 3.11. The van der Waals surface area contributed by atoms with Crippen molar-refractivity contribution in [3.63, 3.8) is 0 Å². The summed E-state index contributed by atoms with van der Waals surface area (Å²) in [6.07, 6.45) is 4.49. The first-order valence-electron chi connectivity index (χ1n) is 9.12. The van der Waals surface area contributed by atoms with Crippen LogP contribution in [0.2, 0.25) is 5.02 Å². The molecule has 8 nitrogen and oxygen atoms in total. The van der Waals surface area contributed by atoms with E-state index in [9.17, 15) is 18.4 Å². The van der Waals surface area contributed by atoms with Crippen LogP contribution >= 0.6 is 11.6 Å². The van der Waals surface area contributed by atoms with Gasteiger partial charge in [-0.2, -0.15) is 5.10 Å². The molecule has 2 heterocycles. The van der Waals surface area contributed by atoms with Gasteiger partial charge >= 0.3 is 6.03 Å². The van der Waals surface area contributed by atoms with Gasteiger partial charge in [0, 0.05) is 48.1 Å². The number of pyridine rings is 1. The molecule has 3 amide bonds. The zero-order valence-corrected chi connectivity index (χ0v) is 17.6. The van der Waals surface area contributed by atoms with E-state index in [1.807, 2.05) is 0 Å². The number of aryl methyl sites for hydroxylation is 1. The normalized spacial score (nSPS) is 11.7. The largest absolute Gasteiger partial charge is 0.334 e. The van der Waals surface area contributed by atoms with Crippen LogP contribution in [-0.4, -0.2) is 26.7 Å². The molecule has 0 spiro atoms. The highest BCUT2D eigenvalue weighted by molar-refractivity contribution is 6.31. The zero-order valence-electron chi connectivity index (χ0n) is 16.8. The molecule has 3 aromatic rings. The van der Waals surface area contributed by atoms with Crippen molar-refractivity contribution >= 4 is 23.5 Å². The molecule has 11 heteroatoms. The number of hydrogen-bond acceptors (Lipinski definition) is 4. The number of urea groups is 1. The minimum absolute atomic E-state index is 0.0350. The van der Waals surface area contributed by atoms with Gasteiger partial charge in [0.1, 0.15) is 11.6 Å².